The summed E-state index contributed by atoms with van der Waals surface area (Å²) in [4.78, 5) is 28.1. The van der Waals surface area contributed by atoms with Crippen molar-refractivity contribution >= 4 is 17.3 Å². The molecule has 1 aliphatic heterocycles. The highest BCUT2D eigenvalue weighted by Gasteiger charge is 2.30. The topological polar surface area (TPSA) is 78.7 Å². The first-order valence-electron chi connectivity index (χ1n) is 9.70. The molecule has 0 atom stereocenters. The van der Waals surface area contributed by atoms with Crippen molar-refractivity contribution in [1.29, 1.82) is 0 Å². The summed E-state index contributed by atoms with van der Waals surface area (Å²) < 4.78 is 0. The van der Waals surface area contributed by atoms with Gasteiger partial charge in [-0.3, -0.25) is 19.8 Å². The van der Waals surface area contributed by atoms with Crippen LogP contribution < -0.4 is 5.32 Å². The predicted molar refractivity (Wildman–Crippen MR) is 99.5 cm³/mol. The van der Waals surface area contributed by atoms with Crippen molar-refractivity contribution in [2.45, 2.75) is 50.6 Å². The van der Waals surface area contributed by atoms with Crippen LogP contribution >= 0.6 is 0 Å². The van der Waals surface area contributed by atoms with Crippen LogP contribution in [0.3, 0.4) is 0 Å². The van der Waals surface area contributed by atoms with Crippen LogP contribution in [0.5, 0.6) is 0 Å². The van der Waals surface area contributed by atoms with Gasteiger partial charge in [0.1, 0.15) is 5.69 Å². The molecule has 1 aromatic carbocycles. The van der Waals surface area contributed by atoms with E-state index in [0.717, 1.165) is 25.9 Å². The smallest absolute Gasteiger partial charge is 0.293 e. The number of hydrogen-bond donors (Lipinski definition) is 1. The van der Waals surface area contributed by atoms with Gasteiger partial charge in [-0.1, -0.05) is 12.8 Å². The molecular weight excluding hydrogens is 332 g/mol. The molecule has 26 heavy (non-hydrogen) atoms. The summed E-state index contributed by atoms with van der Waals surface area (Å²) >= 11 is 0. The molecule has 3 fully saturated rings. The lowest BCUT2D eigenvalue weighted by Crippen LogP contribution is -2.51. The van der Waals surface area contributed by atoms with Gasteiger partial charge in [0.25, 0.3) is 11.6 Å². The second kappa shape index (κ2) is 7.23. The number of nitro groups is 1. The molecular formula is C19H26N4O3. The molecule has 7 heteroatoms. The van der Waals surface area contributed by atoms with Crippen LogP contribution in [0.1, 0.15) is 48.9 Å². The van der Waals surface area contributed by atoms with Crippen LogP contribution in [0, 0.1) is 10.1 Å². The van der Waals surface area contributed by atoms with E-state index in [0.29, 0.717) is 36.4 Å². The SMILES string of the molecule is O=C(c1ccc(NC2CC2)c([N+](=O)[O-])c1)N1CCN(C2CCCC2)CC1. The summed E-state index contributed by atoms with van der Waals surface area (Å²) in [5.74, 6) is -0.0999. The minimum absolute atomic E-state index is 0.00709. The fourth-order valence-corrected chi connectivity index (χ4v) is 4.13. The molecule has 1 amide bonds. The van der Waals surface area contributed by atoms with Gasteiger partial charge in [-0.25, -0.2) is 0 Å². The van der Waals surface area contributed by atoms with Crippen LogP contribution in [0.2, 0.25) is 0 Å². The molecule has 1 heterocycles. The number of nitro benzene ring substituents is 1. The molecule has 1 saturated heterocycles. The number of amides is 1. The van der Waals surface area contributed by atoms with Gasteiger partial charge in [0.05, 0.1) is 4.92 Å². The summed E-state index contributed by atoms with van der Waals surface area (Å²) in [6.07, 6.45) is 7.26. The van der Waals surface area contributed by atoms with Gasteiger partial charge in [-0.15, -0.1) is 0 Å². The predicted octanol–water partition coefficient (Wildman–Crippen LogP) is 2.87. The van der Waals surface area contributed by atoms with E-state index in [2.05, 4.69) is 10.2 Å². The van der Waals surface area contributed by atoms with Gasteiger partial charge in [-0.2, -0.15) is 0 Å². The van der Waals surface area contributed by atoms with Crippen molar-refractivity contribution in [2.24, 2.45) is 0 Å². The standard InChI is InChI=1S/C19H26N4O3/c24-19(22-11-9-21(10-12-22)16-3-1-2-4-16)14-5-8-17(20-15-6-7-15)18(13-14)23(25)26/h5,8,13,15-16,20H,1-4,6-7,9-12H2. The second-order valence-electron chi connectivity index (χ2n) is 7.67. The van der Waals surface area contributed by atoms with E-state index in [4.69, 9.17) is 0 Å². The van der Waals surface area contributed by atoms with Gasteiger partial charge in [-0.05, 0) is 37.8 Å². The zero-order valence-electron chi connectivity index (χ0n) is 15.0. The minimum atomic E-state index is -0.403. The number of hydrogen-bond acceptors (Lipinski definition) is 5. The molecule has 0 unspecified atom stereocenters. The Labute approximate surface area is 153 Å². The largest absolute Gasteiger partial charge is 0.377 e. The normalized spacial score (nSPS) is 21.8. The Morgan fingerprint density at radius 2 is 1.77 bits per heavy atom. The molecule has 0 spiro atoms. The van der Waals surface area contributed by atoms with Crippen molar-refractivity contribution in [2.75, 3.05) is 31.5 Å². The van der Waals surface area contributed by atoms with E-state index in [1.54, 1.807) is 12.1 Å². The van der Waals surface area contributed by atoms with Gasteiger partial charge in [0.15, 0.2) is 0 Å². The molecule has 3 aliphatic rings. The van der Waals surface area contributed by atoms with E-state index in [9.17, 15) is 14.9 Å². The maximum absolute atomic E-state index is 12.8. The quantitative estimate of drug-likeness (QED) is 0.647. The molecule has 1 N–H and O–H groups in total. The maximum atomic E-state index is 12.8. The average Bonchev–Trinajstić information content (AvgIpc) is 3.30. The first-order valence-corrected chi connectivity index (χ1v) is 9.70. The highest BCUT2D eigenvalue weighted by molar-refractivity contribution is 5.95. The minimum Gasteiger partial charge on any atom is -0.377 e. The van der Waals surface area contributed by atoms with Crippen molar-refractivity contribution in [3.8, 4) is 0 Å². The summed E-state index contributed by atoms with van der Waals surface area (Å²) in [6, 6.07) is 5.83. The third-order valence-corrected chi connectivity index (χ3v) is 5.82. The highest BCUT2D eigenvalue weighted by atomic mass is 16.6. The van der Waals surface area contributed by atoms with Gasteiger partial charge >= 0.3 is 0 Å². The van der Waals surface area contributed by atoms with E-state index >= 15 is 0 Å². The van der Waals surface area contributed by atoms with Crippen LogP contribution in [0.4, 0.5) is 11.4 Å². The maximum Gasteiger partial charge on any atom is 0.293 e. The van der Waals surface area contributed by atoms with Gasteiger partial charge in [0, 0.05) is 49.9 Å². The molecule has 0 bridgehead atoms. The van der Waals surface area contributed by atoms with Crippen LogP contribution in [0.25, 0.3) is 0 Å². The fourth-order valence-electron chi connectivity index (χ4n) is 4.13. The molecule has 140 valence electrons. The first kappa shape index (κ1) is 17.3. The van der Waals surface area contributed by atoms with Crippen molar-refractivity contribution in [1.82, 2.24) is 9.80 Å². The Morgan fingerprint density at radius 1 is 1.08 bits per heavy atom. The number of piperazine rings is 1. The molecule has 4 rings (SSSR count). The Hall–Kier alpha value is -2.15. The monoisotopic (exact) mass is 358 g/mol. The number of carbonyl (C=O) groups is 1. The Balaban J connectivity index is 1.42. The van der Waals surface area contributed by atoms with Crippen LogP contribution in [-0.2, 0) is 0 Å². The van der Waals surface area contributed by atoms with Crippen molar-refractivity contribution in [3.05, 3.63) is 33.9 Å². The first-order chi connectivity index (χ1) is 12.6. The number of anilines is 1. The lowest BCUT2D eigenvalue weighted by molar-refractivity contribution is -0.384. The fraction of sp³-hybridized carbons (Fsp3) is 0.632. The molecule has 0 aromatic heterocycles. The Bertz CT molecular complexity index is 690. The number of benzene rings is 1. The second-order valence-corrected chi connectivity index (χ2v) is 7.67. The lowest BCUT2D eigenvalue weighted by atomic mass is 10.1. The van der Waals surface area contributed by atoms with Gasteiger partial charge in [0.2, 0.25) is 0 Å². The summed E-state index contributed by atoms with van der Waals surface area (Å²) in [5, 5.41) is 14.6. The summed E-state index contributed by atoms with van der Waals surface area (Å²) in [6.45, 7) is 3.20. The van der Waals surface area contributed by atoms with E-state index in [-0.39, 0.29) is 11.6 Å². The summed E-state index contributed by atoms with van der Waals surface area (Å²) in [5.41, 5.74) is 0.916. The summed E-state index contributed by atoms with van der Waals surface area (Å²) in [7, 11) is 0. The molecule has 2 aliphatic carbocycles. The Morgan fingerprint density at radius 3 is 2.38 bits per heavy atom. The molecule has 1 aromatic rings. The van der Waals surface area contributed by atoms with Crippen LogP contribution in [0.15, 0.2) is 18.2 Å². The lowest BCUT2D eigenvalue weighted by Gasteiger charge is -2.38. The number of carbonyl (C=O) groups excluding carboxylic acids is 1. The highest BCUT2D eigenvalue weighted by Crippen LogP contribution is 2.32. The van der Waals surface area contributed by atoms with E-state index in [1.807, 2.05) is 4.90 Å². The third-order valence-electron chi connectivity index (χ3n) is 5.82. The van der Waals surface area contributed by atoms with Crippen LogP contribution in [-0.4, -0.2) is 58.9 Å². The third kappa shape index (κ3) is 3.67. The number of nitrogens with zero attached hydrogens (tertiary/aromatic N) is 3. The van der Waals surface area contributed by atoms with E-state index < -0.39 is 4.92 Å². The van der Waals surface area contributed by atoms with Crippen molar-refractivity contribution in [3.63, 3.8) is 0 Å². The zero-order chi connectivity index (χ0) is 18.1. The average molecular weight is 358 g/mol. The molecule has 0 radical (unpaired) electrons. The molecule has 7 nitrogen and oxygen atoms in total. The van der Waals surface area contributed by atoms with E-state index in [1.165, 1.54) is 31.7 Å². The number of rotatable bonds is 5. The Kier molecular flexibility index (Phi) is 4.80. The zero-order valence-corrected chi connectivity index (χ0v) is 15.0. The molecule has 2 saturated carbocycles. The number of nitrogens with one attached hydrogen (secondary N) is 1. The van der Waals surface area contributed by atoms with Crippen molar-refractivity contribution < 1.29 is 9.72 Å². The van der Waals surface area contributed by atoms with Gasteiger partial charge < -0.3 is 10.2 Å².